The predicted molar refractivity (Wildman–Crippen MR) is 107 cm³/mol. The Morgan fingerprint density at radius 3 is 2.50 bits per heavy atom. The number of nitrogens with zero attached hydrogens (tertiary/aromatic N) is 3. The van der Waals surface area contributed by atoms with Gasteiger partial charge in [-0.05, 0) is 35.9 Å². The fourth-order valence-electron chi connectivity index (χ4n) is 2.77. The van der Waals surface area contributed by atoms with Crippen molar-refractivity contribution in [2.75, 3.05) is 5.32 Å². The largest absolute Gasteiger partial charge is 0.489 e. The second-order valence-electron chi connectivity index (χ2n) is 6.10. The highest BCUT2D eigenvalue weighted by Gasteiger charge is 2.10. The number of fused-ring (bicyclic) bond motifs is 1. The van der Waals surface area contributed by atoms with Crippen molar-refractivity contribution in [2.45, 2.75) is 6.61 Å². The molecule has 138 valence electrons. The van der Waals surface area contributed by atoms with E-state index in [4.69, 9.17) is 4.74 Å². The molecular weight excluding hydrogens is 356 g/mol. The maximum atomic E-state index is 10.9. The van der Waals surface area contributed by atoms with Gasteiger partial charge in [0.1, 0.15) is 24.5 Å². The van der Waals surface area contributed by atoms with Crippen LogP contribution in [0.4, 0.5) is 17.2 Å². The number of rotatable bonds is 6. The number of hydrogen-bond acceptors (Lipinski definition) is 6. The summed E-state index contributed by atoms with van der Waals surface area (Å²) in [4.78, 5) is 18.9. The lowest BCUT2D eigenvalue weighted by Gasteiger charge is -2.10. The van der Waals surface area contributed by atoms with Crippen LogP contribution in [0.15, 0.2) is 79.1 Å². The van der Waals surface area contributed by atoms with E-state index in [9.17, 15) is 10.1 Å². The van der Waals surface area contributed by atoms with Crippen LogP contribution in [0.1, 0.15) is 5.56 Å². The minimum Gasteiger partial charge on any atom is -0.489 e. The first-order valence-electron chi connectivity index (χ1n) is 8.62. The van der Waals surface area contributed by atoms with Crippen molar-refractivity contribution < 1.29 is 9.66 Å². The smallest absolute Gasteiger partial charge is 0.271 e. The zero-order valence-electron chi connectivity index (χ0n) is 14.8. The number of ether oxygens (including phenoxy) is 1. The van der Waals surface area contributed by atoms with Crippen molar-refractivity contribution in [3.8, 4) is 5.75 Å². The van der Waals surface area contributed by atoms with Crippen LogP contribution in [0.3, 0.4) is 0 Å². The molecule has 28 heavy (non-hydrogen) atoms. The normalized spacial score (nSPS) is 10.6. The Balaban J connectivity index is 1.49. The highest BCUT2D eigenvalue weighted by atomic mass is 16.6. The molecule has 0 aliphatic rings. The summed E-state index contributed by atoms with van der Waals surface area (Å²) in [7, 11) is 0. The van der Waals surface area contributed by atoms with Crippen molar-refractivity contribution in [1.82, 2.24) is 9.97 Å². The first-order valence-corrected chi connectivity index (χ1v) is 8.62. The lowest BCUT2D eigenvalue weighted by Crippen LogP contribution is -1.98. The van der Waals surface area contributed by atoms with Crippen LogP contribution in [0, 0.1) is 10.1 Å². The van der Waals surface area contributed by atoms with E-state index < -0.39 is 4.92 Å². The molecule has 0 saturated carbocycles. The highest BCUT2D eigenvalue weighted by Crippen LogP contribution is 2.27. The Hall–Kier alpha value is -4.00. The molecule has 0 spiro atoms. The average Bonchev–Trinajstić information content (AvgIpc) is 2.74. The second-order valence-corrected chi connectivity index (χ2v) is 6.10. The van der Waals surface area contributed by atoms with Crippen LogP contribution in [0.5, 0.6) is 5.75 Å². The van der Waals surface area contributed by atoms with Crippen molar-refractivity contribution in [3.05, 3.63) is 94.8 Å². The Bertz CT molecular complexity index is 1120. The molecule has 7 nitrogen and oxygen atoms in total. The number of nitrogens with one attached hydrogen (secondary N) is 1. The molecule has 0 bridgehead atoms. The van der Waals surface area contributed by atoms with Gasteiger partial charge in [-0.3, -0.25) is 10.1 Å². The first kappa shape index (κ1) is 17.4. The Morgan fingerprint density at radius 1 is 0.964 bits per heavy atom. The molecule has 7 heteroatoms. The molecule has 0 saturated heterocycles. The van der Waals surface area contributed by atoms with Crippen molar-refractivity contribution in [2.24, 2.45) is 0 Å². The van der Waals surface area contributed by atoms with Gasteiger partial charge < -0.3 is 10.1 Å². The third-order valence-corrected chi connectivity index (χ3v) is 4.20. The Kier molecular flexibility index (Phi) is 4.79. The molecule has 1 heterocycles. The maximum Gasteiger partial charge on any atom is 0.271 e. The van der Waals surface area contributed by atoms with Crippen molar-refractivity contribution >= 4 is 28.1 Å². The Labute approximate surface area is 160 Å². The minimum atomic E-state index is -0.442. The van der Waals surface area contributed by atoms with Gasteiger partial charge in [0.15, 0.2) is 0 Å². The number of benzene rings is 3. The van der Waals surface area contributed by atoms with Gasteiger partial charge in [-0.2, -0.15) is 0 Å². The fraction of sp³-hybridized carbons (Fsp3) is 0.0476. The number of hydrogen-bond donors (Lipinski definition) is 1. The van der Waals surface area contributed by atoms with Gasteiger partial charge in [-0.25, -0.2) is 9.97 Å². The number of nitro groups is 1. The van der Waals surface area contributed by atoms with Crippen LogP contribution in [0.25, 0.3) is 10.9 Å². The number of nitro benzene ring substituents is 1. The lowest BCUT2D eigenvalue weighted by molar-refractivity contribution is -0.384. The van der Waals surface area contributed by atoms with E-state index >= 15 is 0 Å². The predicted octanol–water partition coefficient (Wildman–Crippen LogP) is 4.86. The van der Waals surface area contributed by atoms with E-state index in [-0.39, 0.29) is 5.69 Å². The van der Waals surface area contributed by atoms with Crippen LogP contribution < -0.4 is 10.1 Å². The summed E-state index contributed by atoms with van der Waals surface area (Å²) in [5.41, 5.74) is 2.43. The molecule has 0 fully saturated rings. The molecule has 0 radical (unpaired) electrons. The molecule has 1 N–H and O–H groups in total. The summed E-state index contributed by atoms with van der Waals surface area (Å²) >= 11 is 0. The summed E-state index contributed by atoms with van der Waals surface area (Å²) in [5, 5.41) is 14.9. The van der Waals surface area contributed by atoms with Crippen LogP contribution in [-0.4, -0.2) is 14.9 Å². The summed E-state index contributed by atoms with van der Waals surface area (Å²) in [6.45, 7) is 0.503. The Morgan fingerprint density at radius 2 is 1.75 bits per heavy atom. The topological polar surface area (TPSA) is 90.2 Å². The third-order valence-electron chi connectivity index (χ3n) is 4.20. The van der Waals surface area contributed by atoms with E-state index in [1.807, 2.05) is 54.6 Å². The molecule has 1 aromatic heterocycles. The van der Waals surface area contributed by atoms with Crippen LogP contribution in [0.2, 0.25) is 0 Å². The van der Waals surface area contributed by atoms with Crippen LogP contribution in [-0.2, 0) is 6.61 Å². The van der Waals surface area contributed by atoms with E-state index in [0.717, 1.165) is 17.0 Å². The molecule has 4 rings (SSSR count). The second kappa shape index (κ2) is 7.71. The van der Waals surface area contributed by atoms with E-state index in [1.165, 1.54) is 18.5 Å². The monoisotopic (exact) mass is 372 g/mol. The van der Waals surface area contributed by atoms with Crippen molar-refractivity contribution in [1.29, 1.82) is 0 Å². The van der Waals surface area contributed by atoms with Gasteiger partial charge in [0.2, 0.25) is 0 Å². The van der Waals surface area contributed by atoms with E-state index in [2.05, 4.69) is 15.3 Å². The lowest BCUT2D eigenvalue weighted by atomic mass is 10.2. The molecule has 3 aromatic carbocycles. The zero-order valence-corrected chi connectivity index (χ0v) is 14.8. The minimum absolute atomic E-state index is 0.00272. The summed E-state index contributed by atoms with van der Waals surface area (Å²) in [6.07, 6.45) is 1.38. The molecule has 0 amide bonds. The SMILES string of the molecule is O=[N+]([O-])c1ccc2c(Nc3ccc(OCc4ccccc4)cc3)ncnc2c1. The van der Waals surface area contributed by atoms with Gasteiger partial charge in [-0.15, -0.1) is 0 Å². The fourth-order valence-corrected chi connectivity index (χ4v) is 2.77. The van der Waals surface area contributed by atoms with E-state index in [1.54, 1.807) is 6.07 Å². The van der Waals surface area contributed by atoms with Crippen LogP contribution >= 0.6 is 0 Å². The third kappa shape index (κ3) is 3.88. The summed E-state index contributed by atoms with van der Waals surface area (Å²) in [6, 6.07) is 22.0. The molecule has 0 atom stereocenters. The molecule has 0 unspecified atom stereocenters. The number of non-ortho nitro benzene ring substituents is 1. The van der Waals surface area contributed by atoms with E-state index in [0.29, 0.717) is 23.3 Å². The molecule has 0 aliphatic carbocycles. The molecule has 4 aromatic rings. The van der Waals surface area contributed by atoms with Gasteiger partial charge in [0.05, 0.1) is 10.4 Å². The number of anilines is 2. The average molecular weight is 372 g/mol. The first-order chi connectivity index (χ1) is 13.7. The quantitative estimate of drug-likeness (QED) is 0.384. The standard InChI is InChI=1S/C21H16N4O3/c26-25(27)17-8-11-19-20(12-17)22-14-23-21(19)24-16-6-9-18(10-7-16)28-13-15-4-2-1-3-5-15/h1-12,14H,13H2,(H,22,23,24). The van der Waals surface area contributed by atoms with Gasteiger partial charge in [0, 0.05) is 23.2 Å². The molecule has 0 aliphatic heterocycles. The van der Waals surface area contributed by atoms with Gasteiger partial charge in [0.25, 0.3) is 5.69 Å². The maximum absolute atomic E-state index is 10.9. The summed E-state index contributed by atoms with van der Waals surface area (Å²) in [5.74, 6) is 1.34. The van der Waals surface area contributed by atoms with Gasteiger partial charge >= 0.3 is 0 Å². The zero-order chi connectivity index (χ0) is 19.3. The number of aromatic nitrogens is 2. The highest BCUT2D eigenvalue weighted by molar-refractivity contribution is 5.91. The molecular formula is C21H16N4O3. The van der Waals surface area contributed by atoms with Gasteiger partial charge in [-0.1, -0.05) is 30.3 Å². The van der Waals surface area contributed by atoms with Crippen molar-refractivity contribution in [3.63, 3.8) is 0 Å². The summed E-state index contributed by atoms with van der Waals surface area (Å²) < 4.78 is 5.79.